The van der Waals surface area contributed by atoms with E-state index in [0.29, 0.717) is 22.7 Å². The van der Waals surface area contributed by atoms with Gasteiger partial charge in [-0.3, -0.25) is 4.79 Å². The minimum absolute atomic E-state index is 0.00863. The first-order chi connectivity index (χ1) is 12.0. The number of aromatic nitrogens is 1. The number of rotatable bonds is 4. The molecule has 7 nitrogen and oxygen atoms in total. The van der Waals surface area contributed by atoms with Gasteiger partial charge in [0.1, 0.15) is 17.5 Å². The number of nitriles is 1. The lowest BCUT2D eigenvalue weighted by Crippen LogP contribution is -2.22. The van der Waals surface area contributed by atoms with Gasteiger partial charge >= 0.3 is 5.63 Å². The van der Waals surface area contributed by atoms with E-state index in [4.69, 9.17) is 9.68 Å². The lowest BCUT2D eigenvalue weighted by atomic mass is 10.1. The Morgan fingerprint density at radius 3 is 2.84 bits per heavy atom. The number of nitrogens with one attached hydrogen (secondary N) is 2. The summed E-state index contributed by atoms with van der Waals surface area (Å²) in [6.07, 6.45) is 1.42. The molecule has 25 heavy (non-hydrogen) atoms. The Bertz CT molecular complexity index is 1030. The van der Waals surface area contributed by atoms with Crippen molar-refractivity contribution in [1.29, 1.82) is 5.26 Å². The van der Waals surface area contributed by atoms with Crippen molar-refractivity contribution < 1.29 is 9.21 Å². The molecular formula is C18H14N4O3. The SMILES string of the molecule is Cc1cc(=O)oc2cc(NC(=O)CNc3ccc(C#N)cn3)ccc12. The van der Waals surface area contributed by atoms with E-state index in [0.717, 1.165) is 10.9 Å². The Morgan fingerprint density at radius 2 is 2.12 bits per heavy atom. The first kappa shape index (κ1) is 16.2. The normalized spacial score (nSPS) is 10.2. The summed E-state index contributed by atoms with van der Waals surface area (Å²) in [5, 5.41) is 15.1. The van der Waals surface area contributed by atoms with Gasteiger partial charge in [0, 0.05) is 29.4 Å². The zero-order valence-electron chi connectivity index (χ0n) is 13.4. The topological polar surface area (TPSA) is 108 Å². The van der Waals surface area contributed by atoms with Crippen LogP contribution in [0.5, 0.6) is 0 Å². The molecule has 0 spiro atoms. The number of carbonyl (C=O) groups is 1. The molecule has 2 aromatic heterocycles. The van der Waals surface area contributed by atoms with E-state index in [-0.39, 0.29) is 12.5 Å². The molecule has 0 aliphatic rings. The summed E-state index contributed by atoms with van der Waals surface area (Å²) in [4.78, 5) is 27.5. The average Bonchev–Trinajstić information content (AvgIpc) is 2.60. The highest BCUT2D eigenvalue weighted by molar-refractivity contribution is 5.95. The van der Waals surface area contributed by atoms with Gasteiger partial charge in [0.05, 0.1) is 12.1 Å². The van der Waals surface area contributed by atoms with Crippen LogP contribution in [0.25, 0.3) is 11.0 Å². The second kappa shape index (κ2) is 6.84. The van der Waals surface area contributed by atoms with Crippen LogP contribution in [0.1, 0.15) is 11.1 Å². The van der Waals surface area contributed by atoms with Gasteiger partial charge in [-0.2, -0.15) is 5.26 Å². The molecule has 1 aromatic carbocycles. The van der Waals surface area contributed by atoms with E-state index in [2.05, 4.69) is 15.6 Å². The van der Waals surface area contributed by atoms with E-state index in [1.165, 1.54) is 12.3 Å². The Morgan fingerprint density at radius 1 is 1.28 bits per heavy atom. The molecule has 0 aliphatic carbocycles. The summed E-state index contributed by atoms with van der Waals surface area (Å²) >= 11 is 0. The van der Waals surface area contributed by atoms with E-state index in [1.54, 1.807) is 30.3 Å². The van der Waals surface area contributed by atoms with E-state index < -0.39 is 5.63 Å². The summed E-state index contributed by atoms with van der Waals surface area (Å²) in [5.74, 6) is 0.217. The van der Waals surface area contributed by atoms with Crippen LogP contribution < -0.4 is 16.3 Å². The zero-order valence-corrected chi connectivity index (χ0v) is 13.4. The predicted octanol–water partition coefficient (Wildman–Crippen LogP) is 2.42. The lowest BCUT2D eigenvalue weighted by Gasteiger charge is -2.08. The van der Waals surface area contributed by atoms with Crippen LogP contribution in [0.15, 0.2) is 51.8 Å². The van der Waals surface area contributed by atoms with Crippen molar-refractivity contribution in [3.8, 4) is 6.07 Å². The van der Waals surface area contributed by atoms with Crippen molar-refractivity contribution in [2.75, 3.05) is 17.2 Å². The van der Waals surface area contributed by atoms with Crippen LogP contribution >= 0.6 is 0 Å². The first-order valence-corrected chi connectivity index (χ1v) is 7.49. The summed E-state index contributed by atoms with van der Waals surface area (Å²) < 4.78 is 5.16. The Hall–Kier alpha value is -3.66. The maximum Gasteiger partial charge on any atom is 0.336 e. The number of amides is 1. The molecule has 0 fully saturated rings. The Balaban J connectivity index is 1.67. The van der Waals surface area contributed by atoms with Crippen molar-refractivity contribution in [2.45, 2.75) is 6.92 Å². The second-order valence-corrected chi connectivity index (χ2v) is 5.41. The first-order valence-electron chi connectivity index (χ1n) is 7.49. The van der Waals surface area contributed by atoms with Gasteiger partial charge in [-0.1, -0.05) is 0 Å². The van der Waals surface area contributed by atoms with Gasteiger partial charge in [0.25, 0.3) is 0 Å². The molecule has 0 bridgehead atoms. The van der Waals surface area contributed by atoms with E-state index >= 15 is 0 Å². The smallest absolute Gasteiger partial charge is 0.336 e. The number of fused-ring (bicyclic) bond motifs is 1. The summed E-state index contributed by atoms with van der Waals surface area (Å²) in [5.41, 5.74) is 1.79. The molecular weight excluding hydrogens is 320 g/mol. The highest BCUT2D eigenvalue weighted by Gasteiger charge is 2.07. The summed E-state index contributed by atoms with van der Waals surface area (Å²) in [6.45, 7) is 1.83. The summed E-state index contributed by atoms with van der Waals surface area (Å²) in [6, 6.07) is 11.8. The number of nitrogens with zero attached hydrogens (tertiary/aromatic N) is 2. The number of anilines is 2. The summed E-state index contributed by atoms with van der Waals surface area (Å²) in [7, 11) is 0. The molecule has 0 radical (unpaired) electrons. The fourth-order valence-corrected chi connectivity index (χ4v) is 2.34. The average molecular weight is 334 g/mol. The number of hydrogen-bond acceptors (Lipinski definition) is 6. The molecule has 1 amide bonds. The molecule has 7 heteroatoms. The maximum absolute atomic E-state index is 12.0. The second-order valence-electron chi connectivity index (χ2n) is 5.41. The van der Waals surface area contributed by atoms with Gasteiger partial charge in [-0.05, 0) is 36.8 Å². The molecule has 124 valence electrons. The number of aryl methyl sites for hydroxylation is 1. The number of pyridine rings is 1. The van der Waals surface area contributed by atoms with Gasteiger partial charge in [0.2, 0.25) is 5.91 Å². The number of benzene rings is 1. The lowest BCUT2D eigenvalue weighted by molar-refractivity contribution is -0.114. The minimum atomic E-state index is -0.429. The van der Waals surface area contributed by atoms with Gasteiger partial charge in [-0.25, -0.2) is 9.78 Å². The quantitative estimate of drug-likeness (QED) is 0.709. The van der Waals surface area contributed by atoms with Gasteiger partial charge < -0.3 is 15.1 Å². The van der Waals surface area contributed by atoms with E-state index in [9.17, 15) is 9.59 Å². The molecule has 2 heterocycles. The van der Waals surface area contributed by atoms with Crippen LogP contribution in [0.2, 0.25) is 0 Å². The molecule has 0 saturated heterocycles. The van der Waals surface area contributed by atoms with Crippen LogP contribution in [0.4, 0.5) is 11.5 Å². The van der Waals surface area contributed by atoms with Crippen LogP contribution in [-0.2, 0) is 4.79 Å². The molecule has 0 atom stereocenters. The minimum Gasteiger partial charge on any atom is -0.423 e. The van der Waals surface area contributed by atoms with Crippen molar-refractivity contribution in [1.82, 2.24) is 4.98 Å². The third-order valence-corrected chi connectivity index (χ3v) is 3.56. The van der Waals surface area contributed by atoms with Crippen molar-refractivity contribution >= 4 is 28.4 Å². The third kappa shape index (κ3) is 3.82. The molecule has 3 rings (SSSR count). The molecule has 0 saturated carbocycles. The Kier molecular flexibility index (Phi) is 4.44. The van der Waals surface area contributed by atoms with Gasteiger partial charge in [0.15, 0.2) is 0 Å². The Labute approximate surface area is 142 Å². The standard InChI is InChI=1S/C18H14N4O3/c1-11-6-18(24)25-15-7-13(3-4-14(11)15)22-17(23)10-21-16-5-2-12(8-19)9-20-16/h2-7,9H,10H2,1H3,(H,20,21)(H,22,23). The highest BCUT2D eigenvalue weighted by Crippen LogP contribution is 2.20. The van der Waals surface area contributed by atoms with E-state index in [1.807, 2.05) is 13.0 Å². The fraction of sp³-hybridized carbons (Fsp3) is 0.111. The van der Waals surface area contributed by atoms with Crippen LogP contribution in [0.3, 0.4) is 0 Å². The van der Waals surface area contributed by atoms with Gasteiger partial charge in [-0.15, -0.1) is 0 Å². The number of hydrogen-bond donors (Lipinski definition) is 2. The molecule has 0 aliphatic heterocycles. The maximum atomic E-state index is 12.0. The predicted molar refractivity (Wildman–Crippen MR) is 93.3 cm³/mol. The number of carbonyl (C=O) groups excluding carboxylic acids is 1. The van der Waals surface area contributed by atoms with Crippen molar-refractivity contribution in [3.05, 3.63) is 64.1 Å². The molecule has 2 N–H and O–H groups in total. The largest absolute Gasteiger partial charge is 0.423 e. The third-order valence-electron chi connectivity index (χ3n) is 3.56. The highest BCUT2D eigenvalue weighted by atomic mass is 16.4. The monoisotopic (exact) mass is 334 g/mol. The fourth-order valence-electron chi connectivity index (χ4n) is 2.34. The van der Waals surface area contributed by atoms with Crippen molar-refractivity contribution in [2.24, 2.45) is 0 Å². The van der Waals surface area contributed by atoms with Crippen LogP contribution in [0, 0.1) is 18.3 Å². The zero-order chi connectivity index (χ0) is 17.8. The van der Waals surface area contributed by atoms with Crippen LogP contribution in [-0.4, -0.2) is 17.4 Å². The molecule has 3 aromatic rings. The van der Waals surface area contributed by atoms with Crippen molar-refractivity contribution in [3.63, 3.8) is 0 Å². The molecule has 0 unspecified atom stereocenters.